The minimum Gasteiger partial charge on any atom is -0.363 e. The van der Waals surface area contributed by atoms with Crippen molar-refractivity contribution in [2.45, 2.75) is 25.4 Å². The summed E-state index contributed by atoms with van der Waals surface area (Å²) in [6.07, 6.45) is 2.20. The molecule has 0 unspecified atom stereocenters. The summed E-state index contributed by atoms with van der Waals surface area (Å²) in [6, 6.07) is 10.6. The Balaban J connectivity index is 1.61. The fraction of sp³-hybridized carbons (Fsp3) is 0.444. The maximum Gasteiger partial charge on any atom is 0.245 e. The first-order valence-electron chi connectivity index (χ1n) is 8.90. The van der Waals surface area contributed by atoms with Gasteiger partial charge in [0.05, 0.1) is 0 Å². The van der Waals surface area contributed by atoms with Gasteiger partial charge >= 0.3 is 0 Å². The van der Waals surface area contributed by atoms with Crippen LogP contribution in [0.2, 0.25) is 0 Å². The lowest BCUT2D eigenvalue weighted by molar-refractivity contribution is 0.252. The first-order valence-corrected chi connectivity index (χ1v) is 8.90. The van der Waals surface area contributed by atoms with Crippen molar-refractivity contribution in [3.63, 3.8) is 0 Å². The van der Waals surface area contributed by atoms with Gasteiger partial charge in [-0.2, -0.15) is 0 Å². The lowest BCUT2D eigenvalue weighted by atomic mass is 10.0. The molecule has 1 aliphatic rings. The highest BCUT2D eigenvalue weighted by atomic mass is 16.6. The van der Waals surface area contributed by atoms with Gasteiger partial charge in [0.15, 0.2) is 11.6 Å². The molecule has 0 amide bonds. The van der Waals surface area contributed by atoms with Crippen molar-refractivity contribution >= 4 is 22.9 Å². The number of benzene rings is 1. The summed E-state index contributed by atoms with van der Waals surface area (Å²) in [6.45, 7) is 2.84. The van der Waals surface area contributed by atoms with Crippen molar-refractivity contribution in [1.82, 2.24) is 25.2 Å². The van der Waals surface area contributed by atoms with E-state index in [4.69, 9.17) is 4.63 Å². The second kappa shape index (κ2) is 7.25. The molecule has 0 bridgehead atoms. The van der Waals surface area contributed by atoms with E-state index in [0.717, 1.165) is 31.7 Å². The van der Waals surface area contributed by atoms with Crippen molar-refractivity contribution in [2.24, 2.45) is 0 Å². The predicted molar refractivity (Wildman–Crippen MR) is 100 cm³/mol. The molecular formula is C18H23N7O. The minimum atomic E-state index is 0.418. The number of fused-ring (bicyclic) bond motifs is 1. The zero-order valence-corrected chi connectivity index (χ0v) is 15.1. The van der Waals surface area contributed by atoms with Gasteiger partial charge < -0.3 is 15.1 Å². The van der Waals surface area contributed by atoms with E-state index >= 15 is 0 Å². The third kappa shape index (κ3) is 3.45. The van der Waals surface area contributed by atoms with Crippen LogP contribution in [0.3, 0.4) is 0 Å². The van der Waals surface area contributed by atoms with Crippen LogP contribution in [0.5, 0.6) is 0 Å². The summed E-state index contributed by atoms with van der Waals surface area (Å²) in [5.41, 5.74) is 2.03. The molecule has 2 aromatic heterocycles. The largest absolute Gasteiger partial charge is 0.363 e. The SMILES string of the molecule is CN1CCC(N(C)c2nc3nonc3nc2NCc2ccccc2)CC1. The van der Waals surface area contributed by atoms with Crippen LogP contribution in [-0.2, 0) is 6.54 Å². The standard InChI is InChI=1S/C18H23N7O/c1-24-10-8-14(9-11-24)25(2)18-17(19-12-13-6-4-3-5-7-13)20-15-16(21-18)23-26-22-15/h3-7,14H,8-12H2,1-2H3,(H,19,20,22). The van der Waals surface area contributed by atoms with Crippen LogP contribution in [0.25, 0.3) is 11.3 Å². The molecule has 1 saturated heterocycles. The molecule has 0 atom stereocenters. The minimum absolute atomic E-state index is 0.418. The van der Waals surface area contributed by atoms with Gasteiger partial charge in [-0.3, -0.25) is 0 Å². The second-order valence-electron chi connectivity index (χ2n) is 6.79. The van der Waals surface area contributed by atoms with Crippen molar-refractivity contribution < 1.29 is 4.63 Å². The lowest BCUT2D eigenvalue weighted by Gasteiger charge is -2.36. The van der Waals surface area contributed by atoms with Gasteiger partial charge in [0.1, 0.15) is 0 Å². The number of rotatable bonds is 5. The smallest absolute Gasteiger partial charge is 0.245 e. The molecular weight excluding hydrogens is 330 g/mol. The molecule has 1 aromatic carbocycles. The monoisotopic (exact) mass is 353 g/mol. The highest BCUT2D eigenvalue weighted by Crippen LogP contribution is 2.27. The van der Waals surface area contributed by atoms with Crippen molar-refractivity contribution in [3.8, 4) is 0 Å². The van der Waals surface area contributed by atoms with Crippen LogP contribution in [0.4, 0.5) is 11.6 Å². The third-order valence-electron chi connectivity index (χ3n) is 4.97. The molecule has 26 heavy (non-hydrogen) atoms. The zero-order valence-electron chi connectivity index (χ0n) is 15.1. The lowest BCUT2D eigenvalue weighted by Crippen LogP contribution is -2.42. The molecule has 1 aliphatic heterocycles. The Morgan fingerprint density at radius 3 is 2.54 bits per heavy atom. The molecule has 1 N–H and O–H groups in total. The van der Waals surface area contributed by atoms with Crippen LogP contribution >= 0.6 is 0 Å². The number of nitrogens with one attached hydrogen (secondary N) is 1. The molecule has 0 saturated carbocycles. The van der Waals surface area contributed by atoms with E-state index in [1.54, 1.807) is 0 Å². The van der Waals surface area contributed by atoms with Crippen LogP contribution in [0.15, 0.2) is 35.0 Å². The van der Waals surface area contributed by atoms with E-state index in [1.165, 1.54) is 5.56 Å². The van der Waals surface area contributed by atoms with E-state index in [1.807, 2.05) is 18.2 Å². The van der Waals surface area contributed by atoms with E-state index in [0.29, 0.717) is 29.7 Å². The molecule has 8 nitrogen and oxygen atoms in total. The van der Waals surface area contributed by atoms with Gasteiger partial charge in [0, 0.05) is 19.6 Å². The summed E-state index contributed by atoms with van der Waals surface area (Å²) in [5.74, 6) is 1.50. The van der Waals surface area contributed by atoms with Gasteiger partial charge in [-0.15, -0.1) is 0 Å². The van der Waals surface area contributed by atoms with Gasteiger partial charge in [0.25, 0.3) is 0 Å². The number of anilines is 2. The number of likely N-dealkylation sites (tertiary alicyclic amines) is 1. The van der Waals surface area contributed by atoms with Crippen LogP contribution in [0, 0.1) is 0 Å². The number of aromatic nitrogens is 4. The Morgan fingerprint density at radius 2 is 1.81 bits per heavy atom. The number of hydrogen-bond donors (Lipinski definition) is 1. The topological polar surface area (TPSA) is 83.2 Å². The highest BCUT2D eigenvalue weighted by molar-refractivity contribution is 5.74. The fourth-order valence-electron chi connectivity index (χ4n) is 3.33. The first kappa shape index (κ1) is 16.7. The highest BCUT2D eigenvalue weighted by Gasteiger charge is 2.25. The molecule has 3 aromatic rings. The molecule has 3 heterocycles. The summed E-state index contributed by atoms with van der Waals surface area (Å²) < 4.78 is 4.80. The van der Waals surface area contributed by atoms with Crippen LogP contribution in [-0.4, -0.2) is 58.4 Å². The fourth-order valence-corrected chi connectivity index (χ4v) is 3.33. The molecule has 0 radical (unpaired) electrons. The Kier molecular flexibility index (Phi) is 4.66. The van der Waals surface area contributed by atoms with E-state index < -0.39 is 0 Å². The number of nitrogens with zero attached hydrogens (tertiary/aromatic N) is 6. The quantitative estimate of drug-likeness (QED) is 0.747. The Hall–Kier alpha value is -2.74. The average molecular weight is 353 g/mol. The van der Waals surface area contributed by atoms with Crippen LogP contribution in [0.1, 0.15) is 18.4 Å². The maximum atomic E-state index is 4.80. The second-order valence-corrected chi connectivity index (χ2v) is 6.79. The van der Waals surface area contributed by atoms with Gasteiger partial charge in [-0.25, -0.2) is 14.6 Å². The molecule has 0 aliphatic carbocycles. The number of piperidine rings is 1. The summed E-state index contributed by atoms with van der Waals surface area (Å²) >= 11 is 0. The summed E-state index contributed by atoms with van der Waals surface area (Å²) in [7, 11) is 4.24. The van der Waals surface area contributed by atoms with Gasteiger partial charge in [0.2, 0.25) is 11.3 Å². The average Bonchev–Trinajstić information content (AvgIpc) is 3.14. The summed E-state index contributed by atoms with van der Waals surface area (Å²) in [5, 5.41) is 11.1. The molecule has 136 valence electrons. The van der Waals surface area contributed by atoms with E-state index in [-0.39, 0.29) is 0 Å². The van der Waals surface area contributed by atoms with Gasteiger partial charge in [-0.05, 0) is 48.9 Å². The number of hydrogen-bond acceptors (Lipinski definition) is 8. The molecule has 8 heteroatoms. The molecule has 0 spiro atoms. The van der Waals surface area contributed by atoms with Gasteiger partial charge in [-0.1, -0.05) is 30.3 Å². The maximum absolute atomic E-state index is 4.80. The normalized spacial score (nSPS) is 16.1. The molecule has 4 rings (SSSR count). The van der Waals surface area contributed by atoms with Crippen LogP contribution < -0.4 is 10.2 Å². The van der Waals surface area contributed by atoms with Crippen molar-refractivity contribution in [3.05, 3.63) is 35.9 Å². The third-order valence-corrected chi connectivity index (χ3v) is 4.97. The Bertz CT molecular complexity index is 858. The Morgan fingerprint density at radius 1 is 1.12 bits per heavy atom. The van der Waals surface area contributed by atoms with Crippen molar-refractivity contribution in [2.75, 3.05) is 37.4 Å². The van der Waals surface area contributed by atoms with Crippen molar-refractivity contribution in [1.29, 1.82) is 0 Å². The first-order chi connectivity index (χ1) is 12.7. The van der Waals surface area contributed by atoms with E-state index in [9.17, 15) is 0 Å². The predicted octanol–water partition coefficient (Wildman–Crippen LogP) is 2.16. The van der Waals surface area contributed by atoms with E-state index in [2.05, 4.69) is 61.6 Å². The Labute approximate surface area is 152 Å². The molecule has 1 fully saturated rings. The zero-order chi connectivity index (χ0) is 17.9. The summed E-state index contributed by atoms with van der Waals surface area (Å²) in [4.78, 5) is 13.8.